The van der Waals surface area contributed by atoms with E-state index in [9.17, 15) is 0 Å². The van der Waals surface area contributed by atoms with Crippen LogP contribution in [0.3, 0.4) is 0 Å². The van der Waals surface area contributed by atoms with E-state index >= 15 is 0 Å². The van der Waals surface area contributed by atoms with Gasteiger partial charge in [-0.3, -0.25) is 0 Å². The highest BCUT2D eigenvalue weighted by Gasteiger charge is 2.01. The van der Waals surface area contributed by atoms with Crippen LogP contribution in [0, 0.1) is 6.92 Å². The van der Waals surface area contributed by atoms with Gasteiger partial charge < -0.3 is 0 Å². The van der Waals surface area contributed by atoms with Gasteiger partial charge in [0.05, 0.1) is 0 Å². The Hall–Kier alpha value is -0.960. The second-order valence-corrected chi connectivity index (χ2v) is 3.42. The maximum atomic E-state index is 4.20. The number of nitrogens with zero attached hydrogens (tertiary/aromatic N) is 2. The molecule has 0 saturated heterocycles. The fraction of sp³-hybridized carbons (Fsp3) is 0.111. The monoisotopic (exact) mass is 222 g/mol. The van der Waals surface area contributed by atoms with E-state index in [-0.39, 0.29) is 0 Å². The van der Waals surface area contributed by atoms with Gasteiger partial charge in [0.2, 0.25) is 0 Å². The quantitative estimate of drug-likeness (QED) is 0.686. The molecule has 2 aromatic heterocycles. The molecule has 2 rings (SSSR count). The number of halogens is 1. The molecule has 12 heavy (non-hydrogen) atoms. The average molecular weight is 223 g/mol. The van der Waals surface area contributed by atoms with Crippen LogP contribution in [0.15, 0.2) is 29.0 Å². The second-order valence-electron chi connectivity index (χ2n) is 2.63. The predicted molar refractivity (Wildman–Crippen MR) is 52.0 cm³/mol. The van der Waals surface area contributed by atoms with Gasteiger partial charge >= 0.3 is 0 Å². The van der Waals surface area contributed by atoms with Crippen LogP contribution in [-0.4, -0.2) is 9.97 Å². The minimum atomic E-state index is 0.787. The number of rotatable bonds is 0. The van der Waals surface area contributed by atoms with E-state index in [1.54, 1.807) is 6.20 Å². The molecule has 0 aliphatic heterocycles. The highest BCUT2D eigenvalue weighted by atomic mass is 79.9. The minimum absolute atomic E-state index is 0.787. The number of aryl methyl sites for hydroxylation is 1. The molecule has 0 spiro atoms. The van der Waals surface area contributed by atoms with Crippen molar-refractivity contribution in [3.05, 3.63) is 34.6 Å². The molecule has 0 fully saturated rings. The SMILES string of the molecule is Cc1cnc2ncccc2c1Br. The summed E-state index contributed by atoms with van der Waals surface area (Å²) in [6.45, 7) is 2.02. The first-order valence-electron chi connectivity index (χ1n) is 3.65. The third-order valence-electron chi connectivity index (χ3n) is 1.75. The lowest BCUT2D eigenvalue weighted by atomic mass is 10.2. The molecule has 3 heteroatoms. The van der Waals surface area contributed by atoms with Crippen molar-refractivity contribution >= 4 is 27.0 Å². The molecule has 0 aliphatic carbocycles. The first kappa shape index (κ1) is 7.68. The standard InChI is InChI=1S/C9H7BrN2/c1-6-5-12-9-7(8(6)10)3-2-4-11-9/h2-5H,1H3. The summed E-state index contributed by atoms with van der Waals surface area (Å²) in [6.07, 6.45) is 3.57. The van der Waals surface area contributed by atoms with Crippen LogP contribution in [0.1, 0.15) is 5.56 Å². The molecule has 2 nitrogen and oxygen atoms in total. The van der Waals surface area contributed by atoms with E-state index in [4.69, 9.17) is 0 Å². The van der Waals surface area contributed by atoms with E-state index in [1.807, 2.05) is 25.3 Å². The summed E-state index contributed by atoms with van der Waals surface area (Å²) in [7, 11) is 0. The molecular formula is C9H7BrN2. The third-order valence-corrected chi connectivity index (χ3v) is 2.80. The van der Waals surface area contributed by atoms with Crippen LogP contribution >= 0.6 is 15.9 Å². The summed E-state index contributed by atoms with van der Waals surface area (Å²) in [5.74, 6) is 0. The Morgan fingerprint density at radius 3 is 3.00 bits per heavy atom. The third kappa shape index (κ3) is 1.10. The van der Waals surface area contributed by atoms with Gasteiger partial charge in [0.25, 0.3) is 0 Å². The normalized spacial score (nSPS) is 10.5. The van der Waals surface area contributed by atoms with Gasteiger partial charge in [-0.25, -0.2) is 9.97 Å². The van der Waals surface area contributed by atoms with E-state index < -0.39 is 0 Å². The summed E-state index contributed by atoms with van der Waals surface area (Å²) in [5.41, 5.74) is 1.92. The average Bonchev–Trinajstić information content (AvgIpc) is 2.12. The molecule has 2 heterocycles. The number of hydrogen-bond donors (Lipinski definition) is 0. The largest absolute Gasteiger partial charge is 0.237 e. The lowest BCUT2D eigenvalue weighted by Crippen LogP contribution is -1.86. The smallest absolute Gasteiger partial charge is 0.160 e. The Labute approximate surface area is 78.8 Å². The Kier molecular flexibility index (Phi) is 1.81. The summed E-state index contributed by atoms with van der Waals surface area (Å²) in [4.78, 5) is 8.34. The molecule has 0 aliphatic rings. The molecule has 0 bridgehead atoms. The Morgan fingerprint density at radius 2 is 2.17 bits per heavy atom. The first-order chi connectivity index (χ1) is 5.79. The van der Waals surface area contributed by atoms with Crippen LogP contribution < -0.4 is 0 Å². The van der Waals surface area contributed by atoms with Crippen molar-refractivity contribution in [2.45, 2.75) is 6.92 Å². The summed E-state index contributed by atoms with van der Waals surface area (Å²) < 4.78 is 1.08. The molecule has 0 radical (unpaired) electrons. The van der Waals surface area contributed by atoms with Crippen LogP contribution in [0.2, 0.25) is 0 Å². The zero-order chi connectivity index (χ0) is 8.55. The minimum Gasteiger partial charge on any atom is -0.237 e. The van der Waals surface area contributed by atoms with Crippen molar-refractivity contribution < 1.29 is 0 Å². The molecule has 0 unspecified atom stereocenters. The van der Waals surface area contributed by atoms with Gasteiger partial charge in [0.1, 0.15) is 0 Å². The highest BCUT2D eigenvalue weighted by molar-refractivity contribution is 9.10. The van der Waals surface area contributed by atoms with Crippen molar-refractivity contribution in [1.29, 1.82) is 0 Å². The zero-order valence-corrected chi connectivity index (χ0v) is 8.17. The first-order valence-corrected chi connectivity index (χ1v) is 4.44. The van der Waals surface area contributed by atoms with Crippen molar-refractivity contribution in [3.8, 4) is 0 Å². The molecule has 0 N–H and O–H groups in total. The molecule has 0 atom stereocenters. The lowest BCUT2D eigenvalue weighted by molar-refractivity contribution is 1.24. The number of hydrogen-bond acceptors (Lipinski definition) is 2. The van der Waals surface area contributed by atoms with Gasteiger partial charge in [-0.1, -0.05) is 0 Å². The van der Waals surface area contributed by atoms with Crippen LogP contribution in [0.4, 0.5) is 0 Å². The van der Waals surface area contributed by atoms with E-state index in [2.05, 4.69) is 25.9 Å². The number of aromatic nitrogens is 2. The van der Waals surface area contributed by atoms with Gasteiger partial charge in [-0.05, 0) is 40.5 Å². The van der Waals surface area contributed by atoms with E-state index in [0.717, 1.165) is 21.1 Å². The second kappa shape index (κ2) is 2.83. The van der Waals surface area contributed by atoms with Crippen LogP contribution in [0.25, 0.3) is 11.0 Å². The Morgan fingerprint density at radius 1 is 1.33 bits per heavy atom. The molecular weight excluding hydrogens is 216 g/mol. The van der Waals surface area contributed by atoms with Gasteiger partial charge in [-0.2, -0.15) is 0 Å². The molecule has 2 aromatic rings. The predicted octanol–water partition coefficient (Wildman–Crippen LogP) is 2.70. The maximum absolute atomic E-state index is 4.20. The highest BCUT2D eigenvalue weighted by Crippen LogP contribution is 2.23. The fourth-order valence-electron chi connectivity index (χ4n) is 1.10. The topological polar surface area (TPSA) is 25.8 Å². The van der Waals surface area contributed by atoms with Crippen molar-refractivity contribution in [2.75, 3.05) is 0 Å². The van der Waals surface area contributed by atoms with Gasteiger partial charge in [0, 0.05) is 22.3 Å². The molecule has 60 valence electrons. The summed E-state index contributed by atoms with van der Waals surface area (Å²) >= 11 is 3.50. The lowest BCUT2D eigenvalue weighted by Gasteiger charge is -2.00. The van der Waals surface area contributed by atoms with Crippen molar-refractivity contribution in [2.24, 2.45) is 0 Å². The number of fused-ring (bicyclic) bond motifs is 1. The molecule has 0 amide bonds. The fourth-order valence-corrected chi connectivity index (χ4v) is 1.51. The Balaban J connectivity index is 2.91. The number of pyridine rings is 2. The maximum Gasteiger partial charge on any atom is 0.160 e. The molecule has 0 aromatic carbocycles. The zero-order valence-electron chi connectivity index (χ0n) is 6.58. The Bertz CT molecular complexity index is 426. The molecule has 0 saturated carbocycles. The van der Waals surface area contributed by atoms with Crippen LogP contribution in [0.5, 0.6) is 0 Å². The van der Waals surface area contributed by atoms with Crippen LogP contribution in [-0.2, 0) is 0 Å². The van der Waals surface area contributed by atoms with Gasteiger partial charge in [0.15, 0.2) is 5.65 Å². The van der Waals surface area contributed by atoms with E-state index in [1.165, 1.54) is 0 Å². The van der Waals surface area contributed by atoms with Gasteiger partial charge in [-0.15, -0.1) is 0 Å². The summed E-state index contributed by atoms with van der Waals surface area (Å²) in [5, 5.41) is 1.07. The summed E-state index contributed by atoms with van der Waals surface area (Å²) in [6, 6.07) is 3.92. The van der Waals surface area contributed by atoms with Crippen molar-refractivity contribution in [3.63, 3.8) is 0 Å². The van der Waals surface area contributed by atoms with Crippen molar-refractivity contribution in [1.82, 2.24) is 9.97 Å². The van der Waals surface area contributed by atoms with E-state index in [0.29, 0.717) is 0 Å².